The number of benzene rings is 1. The van der Waals surface area contributed by atoms with Gasteiger partial charge in [0.25, 0.3) is 0 Å². The lowest BCUT2D eigenvalue weighted by molar-refractivity contribution is -0.138. The first kappa shape index (κ1) is 18.9. The number of carbonyl (C=O) groups is 3. The van der Waals surface area contributed by atoms with Gasteiger partial charge in [0.2, 0.25) is 11.8 Å². The van der Waals surface area contributed by atoms with E-state index in [4.69, 9.17) is 5.73 Å². The quantitative estimate of drug-likeness (QED) is 0.838. The van der Waals surface area contributed by atoms with Crippen LogP contribution >= 0.6 is 0 Å². The maximum atomic E-state index is 12.9. The summed E-state index contributed by atoms with van der Waals surface area (Å²) in [7, 11) is 0. The van der Waals surface area contributed by atoms with Crippen LogP contribution < -0.4 is 11.1 Å². The number of nitrogens with one attached hydrogen (secondary N) is 1. The van der Waals surface area contributed by atoms with Crippen LogP contribution in [0.25, 0.3) is 0 Å². The van der Waals surface area contributed by atoms with Crippen molar-refractivity contribution >= 4 is 17.8 Å². The number of piperazine rings is 1. The molecule has 1 unspecified atom stereocenters. The second kappa shape index (κ2) is 7.65. The monoisotopic (exact) mass is 346 g/mol. The van der Waals surface area contributed by atoms with Crippen molar-refractivity contribution in [2.24, 2.45) is 5.73 Å². The molecule has 1 aromatic carbocycles. The van der Waals surface area contributed by atoms with E-state index in [2.05, 4.69) is 5.32 Å². The molecule has 0 aromatic heterocycles. The summed E-state index contributed by atoms with van der Waals surface area (Å²) >= 11 is 0. The topological polar surface area (TPSA) is 95.7 Å². The van der Waals surface area contributed by atoms with Crippen molar-refractivity contribution in [1.29, 1.82) is 0 Å². The van der Waals surface area contributed by atoms with Crippen molar-refractivity contribution in [2.45, 2.75) is 32.2 Å². The lowest BCUT2D eigenvalue weighted by Gasteiger charge is -2.40. The van der Waals surface area contributed by atoms with Gasteiger partial charge in [-0.25, -0.2) is 4.79 Å². The number of amides is 4. The Labute approximate surface area is 148 Å². The Kier molecular flexibility index (Phi) is 5.79. The molecule has 1 saturated heterocycles. The van der Waals surface area contributed by atoms with Gasteiger partial charge in [0, 0.05) is 26.2 Å². The largest absolute Gasteiger partial charge is 0.351 e. The lowest BCUT2D eigenvalue weighted by atomic mass is 9.83. The maximum absolute atomic E-state index is 12.9. The fourth-order valence-corrected chi connectivity index (χ4v) is 3.08. The molecule has 7 heteroatoms. The Balaban J connectivity index is 1.96. The minimum absolute atomic E-state index is 0.0765. The molecule has 1 aliphatic heterocycles. The summed E-state index contributed by atoms with van der Waals surface area (Å²) in [6.45, 7) is 7.82. The standard InChI is InChI=1S/C18H26N4O3/c1-13(15(23)20-17(19)25)21-9-11-22(12-10-21)16(24)18(2,3)14-7-5-4-6-8-14/h4-8,13H,9-12H2,1-3H3,(H3,19,20,23,25). The highest BCUT2D eigenvalue weighted by Crippen LogP contribution is 2.26. The summed E-state index contributed by atoms with van der Waals surface area (Å²) in [6.07, 6.45) is 0. The Bertz CT molecular complexity index is 637. The third-order valence-corrected chi connectivity index (χ3v) is 4.81. The molecule has 3 N–H and O–H groups in total. The summed E-state index contributed by atoms with van der Waals surface area (Å²) in [5.41, 5.74) is 5.37. The summed E-state index contributed by atoms with van der Waals surface area (Å²) in [6, 6.07) is 8.40. The summed E-state index contributed by atoms with van der Waals surface area (Å²) < 4.78 is 0. The van der Waals surface area contributed by atoms with Crippen LogP contribution in [0.1, 0.15) is 26.3 Å². The molecule has 1 aliphatic rings. The molecule has 1 atom stereocenters. The van der Waals surface area contributed by atoms with Crippen LogP contribution in [-0.2, 0) is 15.0 Å². The molecule has 0 aliphatic carbocycles. The van der Waals surface area contributed by atoms with E-state index in [1.165, 1.54) is 0 Å². The van der Waals surface area contributed by atoms with E-state index in [9.17, 15) is 14.4 Å². The van der Waals surface area contributed by atoms with Crippen molar-refractivity contribution in [1.82, 2.24) is 15.1 Å². The van der Waals surface area contributed by atoms with Gasteiger partial charge in [-0.2, -0.15) is 0 Å². The van der Waals surface area contributed by atoms with Crippen LogP contribution in [0, 0.1) is 0 Å². The van der Waals surface area contributed by atoms with E-state index in [-0.39, 0.29) is 5.91 Å². The van der Waals surface area contributed by atoms with Gasteiger partial charge in [-0.05, 0) is 26.3 Å². The van der Waals surface area contributed by atoms with Crippen LogP contribution in [-0.4, -0.2) is 59.9 Å². The summed E-state index contributed by atoms with van der Waals surface area (Å²) in [5.74, 6) is -0.343. The number of rotatable bonds is 4. The zero-order valence-corrected chi connectivity index (χ0v) is 15.0. The maximum Gasteiger partial charge on any atom is 0.318 e. The van der Waals surface area contributed by atoms with Gasteiger partial charge in [0.15, 0.2) is 0 Å². The molecule has 25 heavy (non-hydrogen) atoms. The number of primary amides is 1. The lowest BCUT2D eigenvalue weighted by Crippen LogP contribution is -2.57. The van der Waals surface area contributed by atoms with Crippen molar-refractivity contribution in [3.8, 4) is 0 Å². The molecule has 0 bridgehead atoms. The average molecular weight is 346 g/mol. The molecule has 2 rings (SSSR count). The number of imide groups is 1. The highest BCUT2D eigenvalue weighted by molar-refractivity contribution is 5.96. The van der Waals surface area contributed by atoms with Gasteiger partial charge in [-0.15, -0.1) is 0 Å². The molecule has 0 saturated carbocycles. The van der Waals surface area contributed by atoms with E-state index < -0.39 is 23.4 Å². The van der Waals surface area contributed by atoms with Crippen LogP contribution in [0.3, 0.4) is 0 Å². The van der Waals surface area contributed by atoms with E-state index in [0.717, 1.165) is 5.56 Å². The van der Waals surface area contributed by atoms with Gasteiger partial charge in [0.05, 0.1) is 11.5 Å². The Hall–Kier alpha value is -2.41. The normalized spacial score (nSPS) is 17.0. The third kappa shape index (κ3) is 4.36. The molecule has 4 amide bonds. The molecular weight excluding hydrogens is 320 g/mol. The van der Waals surface area contributed by atoms with Gasteiger partial charge in [-0.3, -0.25) is 19.8 Å². The molecule has 0 spiro atoms. The summed E-state index contributed by atoms with van der Waals surface area (Å²) in [5, 5.41) is 2.10. The number of hydrogen-bond acceptors (Lipinski definition) is 4. The zero-order valence-electron chi connectivity index (χ0n) is 15.0. The minimum atomic E-state index is -0.852. The van der Waals surface area contributed by atoms with Crippen LogP contribution in [0.15, 0.2) is 30.3 Å². The number of hydrogen-bond donors (Lipinski definition) is 2. The van der Waals surface area contributed by atoms with E-state index in [1.807, 2.05) is 54.0 Å². The summed E-state index contributed by atoms with van der Waals surface area (Å²) in [4.78, 5) is 39.4. The van der Waals surface area contributed by atoms with Crippen LogP contribution in [0.4, 0.5) is 4.79 Å². The predicted octanol–water partition coefficient (Wildman–Crippen LogP) is 0.692. The Morgan fingerprint density at radius 3 is 2.16 bits per heavy atom. The van der Waals surface area contributed by atoms with Crippen molar-refractivity contribution < 1.29 is 14.4 Å². The van der Waals surface area contributed by atoms with E-state index >= 15 is 0 Å². The van der Waals surface area contributed by atoms with Crippen molar-refractivity contribution in [3.63, 3.8) is 0 Å². The Morgan fingerprint density at radius 2 is 1.64 bits per heavy atom. The molecular formula is C18H26N4O3. The first-order valence-corrected chi connectivity index (χ1v) is 8.42. The van der Waals surface area contributed by atoms with Crippen molar-refractivity contribution in [2.75, 3.05) is 26.2 Å². The van der Waals surface area contributed by atoms with Gasteiger partial charge in [0.1, 0.15) is 0 Å². The van der Waals surface area contributed by atoms with E-state index in [1.54, 1.807) is 6.92 Å². The number of nitrogens with zero attached hydrogens (tertiary/aromatic N) is 2. The number of nitrogens with two attached hydrogens (primary N) is 1. The fourth-order valence-electron chi connectivity index (χ4n) is 3.08. The fraction of sp³-hybridized carbons (Fsp3) is 0.500. The van der Waals surface area contributed by atoms with Gasteiger partial charge >= 0.3 is 6.03 Å². The van der Waals surface area contributed by atoms with Crippen LogP contribution in [0.5, 0.6) is 0 Å². The molecule has 1 fully saturated rings. The van der Waals surface area contributed by atoms with E-state index in [0.29, 0.717) is 26.2 Å². The third-order valence-electron chi connectivity index (χ3n) is 4.81. The van der Waals surface area contributed by atoms with Crippen LogP contribution in [0.2, 0.25) is 0 Å². The highest BCUT2D eigenvalue weighted by Gasteiger charge is 2.36. The average Bonchev–Trinajstić information content (AvgIpc) is 2.60. The first-order valence-electron chi connectivity index (χ1n) is 8.42. The van der Waals surface area contributed by atoms with Crippen molar-refractivity contribution in [3.05, 3.63) is 35.9 Å². The molecule has 1 heterocycles. The molecule has 136 valence electrons. The molecule has 0 radical (unpaired) electrons. The second-order valence-electron chi connectivity index (χ2n) is 6.85. The number of urea groups is 1. The predicted molar refractivity (Wildman–Crippen MR) is 94.8 cm³/mol. The minimum Gasteiger partial charge on any atom is -0.351 e. The zero-order chi connectivity index (χ0) is 18.6. The first-order chi connectivity index (χ1) is 11.7. The molecule has 7 nitrogen and oxygen atoms in total. The highest BCUT2D eigenvalue weighted by atomic mass is 16.2. The number of carbonyl (C=O) groups excluding carboxylic acids is 3. The SMILES string of the molecule is CC(C(=O)NC(N)=O)N1CCN(C(=O)C(C)(C)c2ccccc2)CC1. The smallest absolute Gasteiger partial charge is 0.318 e. The Morgan fingerprint density at radius 1 is 1.08 bits per heavy atom. The van der Waals surface area contributed by atoms with Gasteiger partial charge < -0.3 is 10.6 Å². The molecule has 1 aromatic rings. The van der Waals surface area contributed by atoms with Gasteiger partial charge in [-0.1, -0.05) is 30.3 Å². The second-order valence-corrected chi connectivity index (χ2v) is 6.85.